The normalized spacial score (nSPS) is 12.6. The summed E-state index contributed by atoms with van der Waals surface area (Å²) in [6, 6.07) is 5.18. The van der Waals surface area contributed by atoms with Crippen molar-refractivity contribution < 1.29 is 9.53 Å². The lowest BCUT2D eigenvalue weighted by Crippen LogP contribution is -2.29. The van der Waals surface area contributed by atoms with Crippen LogP contribution in [-0.4, -0.2) is 36.7 Å². The minimum atomic E-state index is -0.231. The number of amides is 1. The molecule has 3 heterocycles. The highest BCUT2D eigenvalue weighted by molar-refractivity contribution is 5.98. The van der Waals surface area contributed by atoms with E-state index in [4.69, 9.17) is 4.74 Å². The minimum absolute atomic E-state index is 0.120. The average molecular weight is 342 g/mol. The summed E-state index contributed by atoms with van der Waals surface area (Å²) < 4.78 is 6.95. The predicted molar refractivity (Wildman–Crippen MR) is 95.3 cm³/mol. The van der Waals surface area contributed by atoms with E-state index in [1.807, 2.05) is 31.1 Å². The first-order chi connectivity index (χ1) is 12.0. The highest BCUT2D eigenvalue weighted by Gasteiger charge is 2.25. The number of ether oxygens (including phenoxy) is 1. The summed E-state index contributed by atoms with van der Waals surface area (Å²) in [5.41, 5.74) is 2.05. The maximum atomic E-state index is 12.8. The van der Waals surface area contributed by atoms with E-state index < -0.39 is 0 Å². The third-order valence-corrected chi connectivity index (χ3v) is 4.34. The summed E-state index contributed by atoms with van der Waals surface area (Å²) in [6.45, 7) is 1.03. The van der Waals surface area contributed by atoms with Crippen molar-refractivity contribution in [3.63, 3.8) is 0 Å². The number of carbonyl (C=O) groups is 1. The van der Waals surface area contributed by atoms with Gasteiger partial charge in [0.1, 0.15) is 17.1 Å². The molecular weight excluding hydrogens is 320 g/mol. The SMILES string of the molecule is COc1cc(=O)n2c(c1C(=O)NCc1ccnc(N(C)C)c1)CCC2. The molecule has 1 aliphatic rings. The van der Waals surface area contributed by atoms with Crippen molar-refractivity contribution in [2.24, 2.45) is 0 Å². The molecule has 2 aromatic heterocycles. The molecule has 0 fully saturated rings. The van der Waals surface area contributed by atoms with Crippen LogP contribution in [0.2, 0.25) is 0 Å². The number of fused-ring (bicyclic) bond motifs is 1. The lowest BCUT2D eigenvalue weighted by Gasteiger charge is -2.15. The molecule has 132 valence electrons. The summed E-state index contributed by atoms with van der Waals surface area (Å²) in [4.78, 5) is 31.0. The van der Waals surface area contributed by atoms with Gasteiger partial charge in [-0.2, -0.15) is 0 Å². The summed E-state index contributed by atoms with van der Waals surface area (Å²) in [5.74, 6) is 0.932. The lowest BCUT2D eigenvalue weighted by atomic mass is 10.1. The zero-order chi connectivity index (χ0) is 18.0. The number of hydrogen-bond acceptors (Lipinski definition) is 5. The van der Waals surface area contributed by atoms with Gasteiger partial charge >= 0.3 is 0 Å². The maximum Gasteiger partial charge on any atom is 0.257 e. The Morgan fingerprint density at radius 1 is 1.40 bits per heavy atom. The fraction of sp³-hybridized carbons (Fsp3) is 0.389. The number of hydrogen-bond donors (Lipinski definition) is 1. The second kappa shape index (κ2) is 6.96. The Bertz CT molecular complexity index is 858. The highest BCUT2D eigenvalue weighted by Crippen LogP contribution is 2.25. The summed E-state index contributed by atoms with van der Waals surface area (Å²) in [6.07, 6.45) is 3.28. The van der Waals surface area contributed by atoms with Crippen LogP contribution in [0.3, 0.4) is 0 Å². The van der Waals surface area contributed by atoms with E-state index in [0.717, 1.165) is 23.5 Å². The predicted octanol–water partition coefficient (Wildman–Crippen LogP) is 1.19. The zero-order valence-corrected chi connectivity index (χ0v) is 14.7. The number of nitrogens with one attached hydrogen (secondary N) is 1. The van der Waals surface area contributed by atoms with E-state index in [-0.39, 0.29) is 11.5 Å². The molecule has 7 heteroatoms. The number of rotatable bonds is 5. The Morgan fingerprint density at radius 3 is 2.92 bits per heavy atom. The van der Waals surface area contributed by atoms with Crippen LogP contribution in [0.25, 0.3) is 0 Å². The quantitative estimate of drug-likeness (QED) is 0.883. The smallest absolute Gasteiger partial charge is 0.257 e. The van der Waals surface area contributed by atoms with Crippen LogP contribution in [0.4, 0.5) is 5.82 Å². The molecule has 0 bridgehead atoms. The number of anilines is 1. The number of aromatic nitrogens is 2. The standard InChI is InChI=1S/C18H22N4O3/c1-21(2)15-9-12(6-7-19-15)11-20-18(24)17-13-5-4-8-22(13)16(23)10-14(17)25-3/h6-7,9-10H,4-5,8,11H2,1-3H3,(H,20,24). The van der Waals surface area contributed by atoms with Gasteiger partial charge < -0.3 is 19.5 Å². The molecule has 25 heavy (non-hydrogen) atoms. The van der Waals surface area contributed by atoms with Gasteiger partial charge in [-0.1, -0.05) is 0 Å². The molecule has 1 amide bonds. The third kappa shape index (κ3) is 3.35. The Morgan fingerprint density at radius 2 is 2.20 bits per heavy atom. The molecule has 1 N–H and O–H groups in total. The van der Waals surface area contributed by atoms with E-state index >= 15 is 0 Å². The van der Waals surface area contributed by atoms with Gasteiger partial charge in [0, 0.05) is 45.1 Å². The molecule has 0 unspecified atom stereocenters. The first-order valence-electron chi connectivity index (χ1n) is 8.22. The first kappa shape index (κ1) is 17.0. The van der Waals surface area contributed by atoms with Crippen LogP contribution in [0.1, 0.15) is 28.0 Å². The number of pyridine rings is 2. The van der Waals surface area contributed by atoms with Gasteiger partial charge in [-0.3, -0.25) is 9.59 Å². The van der Waals surface area contributed by atoms with Crippen molar-refractivity contribution in [1.82, 2.24) is 14.9 Å². The topological polar surface area (TPSA) is 76.5 Å². The van der Waals surface area contributed by atoms with E-state index in [0.29, 0.717) is 30.8 Å². The van der Waals surface area contributed by atoms with Crippen molar-refractivity contribution in [1.29, 1.82) is 0 Å². The van der Waals surface area contributed by atoms with E-state index in [9.17, 15) is 9.59 Å². The van der Waals surface area contributed by atoms with Gasteiger partial charge in [0.2, 0.25) is 0 Å². The van der Waals surface area contributed by atoms with Crippen LogP contribution in [-0.2, 0) is 19.5 Å². The van der Waals surface area contributed by atoms with Gasteiger partial charge in [0.15, 0.2) is 0 Å². The first-order valence-corrected chi connectivity index (χ1v) is 8.22. The van der Waals surface area contributed by atoms with Crippen LogP contribution >= 0.6 is 0 Å². The van der Waals surface area contributed by atoms with E-state index in [1.165, 1.54) is 13.2 Å². The van der Waals surface area contributed by atoms with Crippen LogP contribution in [0, 0.1) is 0 Å². The lowest BCUT2D eigenvalue weighted by molar-refractivity contribution is 0.0946. The summed E-state index contributed by atoms with van der Waals surface area (Å²) in [7, 11) is 5.31. The molecule has 0 atom stereocenters. The van der Waals surface area contributed by atoms with Gasteiger partial charge in [-0.25, -0.2) is 4.98 Å². The van der Waals surface area contributed by atoms with Crippen LogP contribution < -0.4 is 20.5 Å². The average Bonchev–Trinajstić information content (AvgIpc) is 3.09. The van der Waals surface area contributed by atoms with Crippen LogP contribution in [0.15, 0.2) is 29.2 Å². The zero-order valence-electron chi connectivity index (χ0n) is 14.7. The monoisotopic (exact) mass is 342 g/mol. The molecule has 0 spiro atoms. The fourth-order valence-electron chi connectivity index (χ4n) is 3.07. The van der Waals surface area contributed by atoms with Gasteiger partial charge in [0.05, 0.1) is 7.11 Å². The van der Waals surface area contributed by atoms with Crippen molar-refractivity contribution in [2.75, 3.05) is 26.1 Å². The number of nitrogens with zero attached hydrogens (tertiary/aromatic N) is 3. The molecule has 0 radical (unpaired) electrons. The van der Waals surface area contributed by atoms with Crippen molar-refractivity contribution in [3.05, 3.63) is 51.6 Å². The molecule has 2 aromatic rings. The molecule has 1 aliphatic heterocycles. The third-order valence-electron chi connectivity index (χ3n) is 4.34. The second-order valence-corrected chi connectivity index (χ2v) is 6.23. The van der Waals surface area contributed by atoms with Crippen molar-refractivity contribution in [3.8, 4) is 5.75 Å². The van der Waals surface area contributed by atoms with Crippen LogP contribution in [0.5, 0.6) is 5.75 Å². The van der Waals surface area contributed by atoms with Crippen molar-refractivity contribution >= 4 is 11.7 Å². The van der Waals surface area contributed by atoms with E-state index in [1.54, 1.807) is 10.8 Å². The van der Waals surface area contributed by atoms with Gasteiger partial charge in [0.25, 0.3) is 11.5 Å². The number of carbonyl (C=O) groups excluding carboxylic acids is 1. The molecule has 0 aliphatic carbocycles. The van der Waals surface area contributed by atoms with Crippen molar-refractivity contribution in [2.45, 2.75) is 25.9 Å². The molecule has 0 saturated heterocycles. The Balaban J connectivity index is 1.84. The number of methoxy groups -OCH3 is 1. The van der Waals surface area contributed by atoms with E-state index in [2.05, 4.69) is 10.3 Å². The highest BCUT2D eigenvalue weighted by atomic mass is 16.5. The molecule has 7 nitrogen and oxygen atoms in total. The molecule has 0 aromatic carbocycles. The Kier molecular flexibility index (Phi) is 4.74. The second-order valence-electron chi connectivity index (χ2n) is 6.23. The Hall–Kier alpha value is -2.83. The van der Waals surface area contributed by atoms with Gasteiger partial charge in [-0.15, -0.1) is 0 Å². The molecular formula is C18H22N4O3. The molecule has 0 saturated carbocycles. The molecule has 3 rings (SSSR count). The fourth-order valence-corrected chi connectivity index (χ4v) is 3.07. The largest absolute Gasteiger partial charge is 0.496 e. The minimum Gasteiger partial charge on any atom is -0.496 e. The van der Waals surface area contributed by atoms with Gasteiger partial charge in [-0.05, 0) is 30.5 Å². The summed E-state index contributed by atoms with van der Waals surface area (Å²) in [5, 5.41) is 2.92. The summed E-state index contributed by atoms with van der Waals surface area (Å²) >= 11 is 0. The maximum absolute atomic E-state index is 12.8. The Labute approximate surface area is 146 Å².